The predicted octanol–water partition coefficient (Wildman–Crippen LogP) is 1.39. The lowest BCUT2D eigenvalue weighted by Crippen LogP contribution is -2.49. The number of nitrogens with one attached hydrogen (secondary N) is 2. The standard InChI is InChI=1S/C22H27N3O8S/c1-3-31-22(28)18-7-8-20(33-18)34(29,30)25-11-9-16(10-12-25)21(27)24-23-19(26)14-32-17-6-4-5-15(2)13-17/h4-8,13,16H,3,9-12,14H2,1-2H3,(H,23,26)(H,24,27). The van der Waals surface area contributed by atoms with Crippen LogP contribution in [0.3, 0.4) is 0 Å². The monoisotopic (exact) mass is 493 g/mol. The lowest BCUT2D eigenvalue weighted by atomic mass is 9.98. The molecule has 3 rings (SSSR count). The van der Waals surface area contributed by atoms with Gasteiger partial charge in [0.1, 0.15) is 5.75 Å². The molecule has 34 heavy (non-hydrogen) atoms. The van der Waals surface area contributed by atoms with E-state index in [0.29, 0.717) is 5.75 Å². The average molecular weight is 494 g/mol. The predicted molar refractivity (Wildman–Crippen MR) is 119 cm³/mol. The van der Waals surface area contributed by atoms with Gasteiger partial charge in [0.15, 0.2) is 6.61 Å². The fourth-order valence-corrected chi connectivity index (χ4v) is 4.76. The summed E-state index contributed by atoms with van der Waals surface area (Å²) in [7, 11) is -3.96. The Morgan fingerprint density at radius 1 is 1.12 bits per heavy atom. The van der Waals surface area contributed by atoms with E-state index in [0.717, 1.165) is 5.56 Å². The zero-order chi connectivity index (χ0) is 24.7. The molecule has 1 aromatic carbocycles. The van der Waals surface area contributed by atoms with Crippen molar-refractivity contribution in [1.82, 2.24) is 15.2 Å². The number of rotatable bonds is 8. The van der Waals surface area contributed by atoms with Crippen molar-refractivity contribution in [1.29, 1.82) is 0 Å². The quantitative estimate of drug-likeness (QED) is 0.415. The second-order valence-electron chi connectivity index (χ2n) is 7.66. The van der Waals surface area contributed by atoms with E-state index in [4.69, 9.17) is 13.9 Å². The number of benzene rings is 1. The highest BCUT2D eigenvalue weighted by Gasteiger charge is 2.34. The van der Waals surface area contributed by atoms with Crippen LogP contribution in [0.5, 0.6) is 5.75 Å². The molecular formula is C22H27N3O8S. The van der Waals surface area contributed by atoms with Crippen molar-refractivity contribution >= 4 is 27.8 Å². The molecule has 0 bridgehead atoms. The molecule has 2 heterocycles. The van der Waals surface area contributed by atoms with Gasteiger partial charge < -0.3 is 13.9 Å². The van der Waals surface area contributed by atoms with Crippen molar-refractivity contribution in [2.45, 2.75) is 31.8 Å². The van der Waals surface area contributed by atoms with Crippen molar-refractivity contribution in [3.8, 4) is 5.75 Å². The SMILES string of the molecule is CCOC(=O)c1ccc(S(=O)(=O)N2CCC(C(=O)NNC(=O)COc3cccc(C)c3)CC2)o1. The molecule has 2 N–H and O–H groups in total. The Bertz CT molecular complexity index is 1140. The second-order valence-corrected chi connectivity index (χ2v) is 9.53. The molecule has 0 aliphatic carbocycles. The molecule has 12 heteroatoms. The number of amides is 2. The number of hydrazine groups is 1. The van der Waals surface area contributed by atoms with Crippen molar-refractivity contribution in [2.75, 3.05) is 26.3 Å². The Kier molecular flexibility index (Phi) is 8.29. The van der Waals surface area contributed by atoms with Gasteiger partial charge in [0.2, 0.25) is 16.8 Å². The lowest BCUT2D eigenvalue weighted by Gasteiger charge is -2.29. The summed E-state index contributed by atoms with van der Waals surface area (Å²) in [4.78, 5) is 36.0. The number of hydrogen-bond acceptors (Lipinski definition) is 8. The van der Waals surface area contributed by atoms with E-state index >= 15 is 0 Å². The normalized spacial score (nSPS) is 14.9. The molecule has 2 aromatic rings. The van der Waals surface area contributed by atoms with Crippen molar-refractivity contribution in [2.24, 2.45) is 5.92 Å². The molecule has 2 amide bonds. The number of carbonyl (C=O) groups excluding carboxylic acids is 3. The Hall–Kier alpha value is -3.38. The van der Waals surface area contributed by atoms with Gasteiger partial charge in [-0.05, 0) is 56.5 Å². The highest BCUT2D eigenvalue weighted by molar-refractivity contribution is 7.89. The summed E-state index contributed by atoms with van der Waals surface area (Å²) in [6, 6.07) is 9.67. The van der Waals surface area contributed by atoms with Crippen molar-refractivity contribution < 1.29 is 36.7 Å². The summed E-state index contributed by atoms with van der Waals surface area (Å²) in [6.07, 6.45) is 0.512. The highest BCUT2D eigenvalue weighted by atomic mass is 32.2. The van der Waals surface area contributed by atoms with E-state index in [1.54, 1.807) is 19.1 Å². The third-order valence-corrected chi connectivity index (χ3v) is 6.93. The maximum absolute atomic E-state index is 12.8. The molecule has 1 fully saturated rings. The van der Waals surface area contributed by atoms with Gasteiger partial charge in [-0.3, -0.25) is 20.4 Å². The van der Waals surface area contributed by atoms with E-state index in [1.807, 2.05) is 19.1 Å². The number of sulfonamides is 1. The molecule has 1 aromatic heterocycles. The number of esters is 1. The fourth-order valence-electron chi connectivity index (χ4n) is 3.38. The third kappa shape index (κ3) is 6.35. The van der Waals surface area contributed by atoms with Crippen molar-refractivity contribution in [3.63, 3.8) is 0 Å². The number of ether oxygens (including phenoxy) is 2. The Labute approximate surface area is 197 Å². The number of carbonyl (C=O) groups is 3. The summed E-state index contributed by atoms with van der Waals surface area (Å²) in [5.74, 6) is -1.81. The number of furan rings is 1. The van der Waals surface area contributed by atoms with Crippen molar-refractivity contribution in [3.05, 3.63) is 47.7 Å². The van der Waals surface area contributed by atoms with Gasteiger partial charge in [0.05, 0.1) is 6.61 Å². The minimum atomic E-state index is -3.96. The first kappa shape index (κ1) is 25.2. The van der Waals surface area contributed by atoms with E-state index < -0.39 is 33.7 Å². The zero-order valence-electron chi connectivity index (χ0n) is 18.9. The smallest absolute Gasteiger partial charge is 0.374 e. The second kappa shape index (κ2) is 11.2. The fraction of sp³-hybridized carbons (Fsp3) is 0.409. The molecule has 0 saturated carbocycles. The largest absolute Gasteiger partial charge is 0.484 e. The van der Waals surface area contributed by atoms with Gasteiger partial charge in [-0.1, -0.05) is 12.1 Å². The first-order valence-corrected chi connectivity index (χ1v) is 12.2. The van der Waals surface area contributed by atoms with Crippen LogP contribution in [0.2, 0.25) is 0 Å². The summed E-state index contributed by atoms with van der Waals surface area (Å²) in [5, 5.41) is -0.362. The molecule has 1 aliphatic rings. The Morgan fingerprint density at radius 3 is 2.53 bits per heavy atom. The highest BCUT2D eigenvalue weighted by Crippen LogP contribution is 2.25. The Morgan fingerprint density at radius 2 is 1.85 bits per heavy atom. The van der Waals surface area contributed by atoms with Crippen LogP contribution in [0.4, 0.5) is 0 Å². The maximum atomic E-state index is 12.8. The summed E-state index contributed by atoms with van der Waals surface area (Å²) in [6.45, 7) is 3.57. The van der Waals surface area contributed by atoms with E-state index in [1.165, 1.54) is 16.4 Å². The van der Waals surface area contributed by atoms with Crippen LogP contribution in [0, 0.1) is 12.8 Å². The number of hydrogen-bond donors (Lipinski definition) is 2. The van der Waals surface area contributed by atoms with Gasteiger partial charge in [-0.2, -0.15) is 4.31 Å². The molecular weight excluding hydrogens is 466 g/mol. The average Bonchev–Trinajstić information content (AvgIpc) is 3.33. The topological polar surface area (TPSA) is 144 Å². The number of nitrogens with zero attached hydrogens (tertiary/aromatic N) is 1. The molecule has 0 unspecified atom stereocenters. The van der Waals surface area contributed by atoms with Crippen LogP contribution in [-0.4, -0.2) is 56.8 Å². The molecule has 1 saturated heterocycles. The molecule has 184 valence electrons. The minimum absolute atomic E-state index is 0.0836. The van der Waals surface area contributed by atoms with Gasteiger partial charge in [-0.25, -0.2) is 13.2 Å². The van der Waals surface area contributed by atoms with Gasteiger partial charge in [-0.15, -0.1) is 0 Å². The van der Waals surface area contributed by atoms with E-state index in [2.05, 4.69) is 10.9 Å². The van der Waals surface area contributed by atoms with E-state index in [-0.39, 0.29) is 50.0 Å². The zero-order valence-corrected chi connectivity index (χ0v) is 19.7. The molecule has 1 aliphatic heterocycles. The lowest BCUT2D eigenvalue weighted by molar-refractivity contribution is -0.132. The molecule has 0 spiro atoms. The van der Waals surface area contributed by atoms with Crippen LogP contribution >= 0.6 is 0 Å². The number of aryl methyl sites for hydroxylation is 1. The van der Waals surface area contributed by atoms with Crippen LogP contribution in [0.1, 0.15) is 35.9 Å². The van der Waals surface area contributed by atoms with Gasteiger partial charge in [0.25, 0.3) is 15.9 Å². The first-order valence-electron chi connectivity index (χ1n) is 10.8. The van der Waals surface area contributed by atoms with Crippen LogP contribution in [-0.2, 0) is 24.3 Å². The van der Waals surface area contributed by atoms with Gasteiger partial charge in [0, 0.05) is 19.0 Å². The van der Waals surface area contributed by atoms with Crippen LogP contribution in [0.25, 0.3) is 0 Å². The third-order valence-electron chi connectivity index (χ3n) is 5.16. The van der Waals surface area contributed by atoms with Crippen LogP contribution < -0.4 is 15.6 Å². The van der Waals surface area contributed by atoms with E-state index in [9.17, 15) is 22.8 Å². The number of piperidine rings is 1. The van der Waals surface area contributed by atoms with Crippen LogP contribution in [0.15, 0.2) is 45.9 Å². The summed E-state index contributed by atoms with van der Waals surface area (Å²) >= 11 is 0. The Balaban J connectivity index is 1.45. The minimum Gasteiger partial charge on any atom is -0.484 e. The summed E-state index contributed by atoms with van der Waals surface area (Å²) < 4.78 is 42.1. The maximum Gasteiger partial charge on any atom is 0.374 e. The molecule has 0 radical (unpaired) electrons. The van der Waals surface area contributed by atoms with Gasteiger partial charge >= 0.3 is 5.97 Å². The molecule has 0 atom stereocenters. The summed E-state index contributed by atoms with van der Waals surface area (Å²) in [5.41, 5.74) is 5.65. The molecule has 11 nitrogen and oxygen atoms in total. The first-order chi connectivity index (χ1) is 16.2.